The monoisotopic (exact) mass is 483 g/mol. The molecule has 0 unspecified atom stereocenters. The molecule has 6 nitrogen and oxygen atoms in total. The number of piperazine rings is 1. The lowest BCUT2D eigenvalue weighted by molar-refractivity contribution is -0.129. The summed E-state index contributed by atoms with van der Waals surface area (Å²) >= 11 is 6.29. The Balaban J connectivity index is 1.55. The molecule has 0 spiro atoms. The number of amides is 1. The summed E-state index contributed by atoms with van der Waals surface area (Å²) in [4.78, 5) is 17.3. The third-order valence-corrected chi connectivity index (χ3v) is 8.00. The van der Waals surface area contributed by atoms with Gasteiger partial charge in [0.15, 0.2) is 0 Å². The average molecular weight is 484 g/mol. The van der Waals surface area contributed by atoms with Gasteiger partial charge in [-0.25, -0.2) is 8.42 Å². The highest BCUT2D eigenvalue weighted by Crippen LogP contribution is 2.28. The first-order valence-corrected chi connectivity index (χ1v) is 12.6. The number of nitrogens with zero attached hydrogens (tertiary/aromatic N) is 3. The van der Waals surface area contributed by atoms with Crippen molar-refractivity contribution in [2.45, 2.75) is 11.8 Å². The molecule has 33 heavy (non-hydrogen) atoms. The Bertz CT molecular complexity index is 1210. The van der Waals surface area contributed by atoms with Gasteiger partial charge < -0.3 is 9.80 Å². The summed E-state index contributed by atoms with van der Waals surface area (Å²) in [5, 5.41) is 0.449. The van der Waals surface area contributed by atoms with Crippen molar-refractivity contribution in [3.8, 4) is 0 Å². The van der Waals surface area contributed by atoms with E-state index in [4.69, 9.17) is 11.6 Å². The number of halogens is 1. The molecule has 3 aromatic carbocycles. The molecular weight excluding hydrogens is 458 g/mol. The summed E-state index contributed by atoms with van der Waals surface area (Å²) < 4.78 is 28.1. The van der Waals surface area contributed by atoms with Crippen molar-refractivity contribution in [3.63, 3.8) is 0 Å². The Kier molecular flexibility index (Phi) is 6.91. The van der Waals surface area contributed by atoms with E-state index in [1.54, 1.807) is 41.3 Å². The number of hydrogen-bond acceptors (Lipinski definition) is 4. The fourth-order valence-corrected chi connectivity index (χ4v) is 5.45. The number of sulfonamides is 1. The molecule has 1 amide bonds. The molecule has 172 valence electrons. The topological polar surface area (TPSA) is 60.9 Å². The fourth-order valence-electron chi connectivity index (χ4n) is 3.85. The van der Waals surface area contributed by atoms with Crippen LogP contribution in [0.4, 0.5) is 11.4 Å². The predicted octanol–water partition coefficient (Wildman–Crippen LogP) is 4.19. The van der Waals surface area contributed by atoms with Crippen molar-refractivity contribution < 1.29 is 13.2 Å². The predicted molar refractivity (Wildman–Crippen MR) is 132 cm³/mol. The molecule has 4 rings (SSSR count). The smallest absolute Gasteiger partial charge is 0.264 e. The van der Waals surface area contributed by atoms with Crippen molar-refractivity contribution in [2.24, 2.45) is 0 Å². The standard InChI is InChI=1S/C25H26ClN3O3S/c1-20-12-13-22(18-24(20)26)29(33(31,32)23-10-6-3-7-11-23)19-25(30)28-16-14-27(15-17-28)21-8-4-2-5-9-21/h2-13,18H,14-17,19H2,1H3. The van der Waals surface area contributed by atoms with Crippen molar-refractivity contribution in [1.82, 2.24) is 4.90 Å². The lowest BCUT2D eigenvalue weighted by Crippen LogP contribution is -2.52. The summed E-state index contributed by atoms with van der Waals surface area (Å²) in [6, 6.07) is 23.2. The zero-order valence-electron chi connectivity index (χ0n) is 18.4. The van der Waals surface area contributed by atoms with Gasteiger partial charge in [0.05, 0.1) is 10.6 Å². The minimum atomic E-state index is -3.95. The van der Waals surface area contributed by atoms with Gasteiger partial charge in [0.1, 0.15) is 6.54 Å². The fraction of sp³-hybridized carbons (Fsp3) is 0.240. The van der Waals surface area contributed by atoms with Crippen molar-refractivity contribution in [2.75, 3.05) is 41.9 Å². The van der Waals surface area contributed by atoms with Crippen LogP contribution in [0.1, 0.15) is 5.56 Å². The normalized spacial score (nSPS) is 14.2. The van der Waals surface area contributed by atoms with Crippen LogP contribution in [0.5, 0.6) is 0 Å². The van der Waals surface area contributed by atoms with Crippen LogP contribution in [-0.4, -0.2) is 51.9 Å². The maximum Gasteiger partial charge on any atom is 0.264 e. The highest BCUT2D eigenvalue weighted by Gasteiger charge is 2.30. The third kappa shape index (κ3) is 5.15. The molecule has 1 aliphatic rings. The van der Waals surface area contributed by atoms with Crippen LogP contribution in [-0.2, 0) is 14.8 Å². The molecule has 0 aliphatic carbocycles. The van der Waals surface area contributed by atoms with Crippen LogP contribution in [0.15, 0.2) is 83.8 Å². The number of para-hydroxylation sites is 1. The highest BCUT2D eigenvalue weighted by atomic mass is 35.5. The number of aryl methyl sites for hydroxylation is 1. The summed E-state index contributed by atoms with van der Waals surface area (Å²) in [5.74, 6) is -0.237. The maximum atomic E-state index is 13.5. The number of anilines is 2. The first kappa shape index (κ1) is 23.1. The number of benzene rings is 3. The molecule has 0 N–H and O–H groups in total. The van der Waals surface area contributed by atoms with Gasteiger partial charge in [-0.3, -0.25) is 9.10 Å². The number of rotatable bonds is 6. The first-order valence-electron chi connectivity index (χ1n) is 10.8. The Morgan fingerprint density at radius 2 is 1.52 bits per heavy atom. The summed E-state index contributed by atoms with van der Waals surface area (Å²) in [5.41, 5.74) is 2.32. The first-order chi connectivity index (χ1) is 15.9. The molecule has 1 saturated heterocycles. The zero-order chi connectivity index (χ0) is 23.4. The van der Waals surface area contributed by atoms with E-state index in [9.17, 15) is 13.2 Å². The van der Waals surface area contributed by atoms with Crippen molar-refractivity contribution >= 4 is 38.9 Å². The Labute approximate surface area is 200 Å². The summed E-state index contributed by atoms with van der Waals surface area (Å²) in [6.45, 7) is 4.00. The lowest BCUT2D eigenvalue weighted by Gasteiger charge is -2.37. The molecule has 0 radical (unpaired) electrons. The van der Waals surface area contributed by atoms with Gasteiger partial charge in [-0.2, -0.15) is 0 Å². The molecule has 8 heteroatoms. The molecule has 0 bridgehead atoms. The Morgan fingerprint density at radius 3 is 2.12 bits per heavy atom. The van der Waals surface area contributed by atoms with Crippen molar-refractivity contribution in [1.29, 1.82) is 0 Å². The third-order valence-electron chi connectivity index (χ3n) is 5.81. The van der Waals surface area contributed by atoms with Crippen LogP contribution >= 0.6 is 11.6 Å². The van der Waals surface area contributed by atoms with Gasteiger partial charge in [-0.05, 0) is 48.9 Å². The van der Waals surface area contributed by atoms with Crippen LogP contribution in [0.3, 0.4) is 0 Å². The molecule has 1 heterocycles. The van der Waals surface area contributed by atoms with E-state index in [1.165, 1.54) is 12.1 Å². The van der Waals surface area contributed by atoms with E-state index in [0.717, 1.165) is 15.6 Å². The van der Waals surface area contributed by atoms with Gasteiger partial charge >= 0.3 is 0 Å². The second-order valence-electron chi connectivity index (χ2n) is 7.96. The van der Waals surface area contributed by atoms with E-state index in [1.807, 2.05) is 37.3 Å². The summed E-state index contributed by atoms with van der Waals surface area (Å²) in [7, 11) is -3.95. The minimum absolute atomic E-state index is 0.128. The SMILES string of the molecule is Cc1ccc(N(CC(=O)N2CCN(c3ccccc3)CC2)S(=O)(=O)c2ccccc2)cc1Cl. The average Bonchev–Trinajstić information content (AvgIpc) is 2.85. The van der Waals surface area contributed by atoms with Gasteiger partial charge in [-0.1, -0.05) is 54.1 Å². The quantitative estimate of drug-likeness (QED) is 0.527. The highest BCUT2D eigenvalue weighted by molar-refractivity contribution is 7.92. The second kappa shape index (κ2) is 9.85. The molecule has 1 fully saturated rings. The van der Waals surface area contributed by atoms with E-state index >= 15 is 0 Å². The molecule has 0 saturated carbocycles. The van der Waals surface area contributed by atoms with E-state index in [-0.39, 0.29) is 17.3 Å². The van der Waals surface area contributed by atoms with Gasteiger partial charge in [0.25, 0.3) is 10.0 Å². The van der Waals surface area contributed by atoms with Crippen LogP contribution < -0.4 is 9.21 Å². The molecule has 3 aromatic rings. The second-order valence-corrected chi connectivity index (χ2v) is 10.2. The van der Waals surface area contributed by atoms with Gasteiger partial charge in [-0.15, -0.1) is 0 Å². The van der Waals surface area contributed by atoms with Crippen molar-refractivity contribution in [3.05, 3.63) is 89.4 Å². The molecule has 0 aromatic heterocycles. The van der Waals surface area contributed by atoms with E-state index in [0.29, 0.717) is 36.9 Å². The van der Waals surface area contributed by atoms with Crippen LogP contribution in [0, 0.1) is 6.92 Å². The van der Waals surface area contributed by atoms with Gasteiger partial charge in [0.2, 0.25) is 5.91 Å². The number of carbonyl (C=O) groups is 1. The van der Waals surface area contributed by atoms with E-state index in [2.05, 4.69) is 4.90 Å². The number of hydrogen-bond donors (Lipinski definition) is 0. The summed E-state index contributed by atoms with van der Waals surface area (Å²) in [6.07, 6.45) is 0. The molecule has 0 atom stereocenters. The maximum absolute atomic E-state index is 13.5. The lowest BCUT2D eigenvalue weighted by atomic mass is 10.2. The Hall–Kier alpha value is -3.03. The molecular formula is C25H26ClN3O3S. The minimum Gasteiger partial charge on any atom is -0.368 e. The largest absolute Gasteiger partial charge is 0.368 e. The molecule has 1 aliphatic heterocycles. The van der Waals surface area contributed by atoms with E-state index < -0.39 is 10.0 Å². The Morgan fingerprint density at radius 1 is 0.909 bits per heavy atom. The van der Waals surface area contributed by atoms with Crippen LogP contribution in [0.25, 0.3) is 0 Å². The van der Waals surface area contributed by atoms with Gasteiger partial charge in [0, 0.05) is 36.9 Å². The number of carbonyl (C=O) groups excluding carboxylic acids is 1. The zero-order valence-corrected chi connectivity index (χ0v) is 20.0. The van der Waals surface area contributed by atoms with Crippen LogP contribution in [0.2, 0.25) is 5.02 Å².